The molecule has 1 saturated heterocycles. The Hall–Kier alpha value is -4.07. The number of nitrogens with two attached hydrogens (primary N) is 1. The average Bonchev–Trinajstić information content (AvgIpc) is 3.72. The number of β-amino-alcohol motifs (C(OH)–C–C–N with tert-alkyl or cyclic N) is 1. The maximum absolute atomic E-state index is 12.0. The third-order valence-corrected chi connectivity index (χ3v) is 6.94. The van der Waals surface area contributed by atoms with Gasteiger partial charge in [0.2, 0.25) is 11.9 Å². The molecule has 1 aliphatic carbocycles. The Balaban J connectivity index is 1.33. The smallest absolute Gasteiger partial charge is 0.228 e. The van der Waals surface area contributed by atoms with Crippen molar-refractivity contribution in [3.05, 3.63) is 59.9 Å². The Bertz CT molecular complexity index is 1310. The van der Waals surface area contributed by atoms with Crippen molar-refractivity contribution in [2.45, 2.75) is 18.3 Å². The molecule has 0 unspecified atom stereocenters. The number of carbonyl (C=O) groups is 1. The van der Waals surface area contributed by atoms with Crippen LogP contribution in [0.2, 0.25) is 0 Å². The summed E-state index contributed by atoms with van der Waals surface area (Å²) in [6.45, 7) is 4.32. The quantitative estimate of drug-likeness (QED) is 0.436. The van der Waals surface area contributed by atoms with E-state index in [0.29, 0.717) is 42.2 Å². The van der Waals surface area contributed by atoms with Crippen LogP contribution in [0.15, 0.2) is 48.8 Å². The molecular weight excluding hydrogens is 456 g/mol. The number of aliphatic hydroxyl groups is 1. The molecule has 0 spiro atoms. The molecule has 1 amide bonds. The number of aliphatic hydroxyl groups excluding tert-OH is 1. The number of benzene rings is 1. The molecule has 2 fully saturated rings. The Morgan fingerprint density at radius 2 is 1.89 bits per heavy atom. The van der Waals surface area contributed by atoms with Gasteiger partial charge in [-0.15, -0.1) is 0 Å². The van der Waals surface area contributed by atoms with Crippen LogP contribution in [0.1, 0.15) is 24.0 Å². The highest BCUT2D eigenvalue weighted by atomic mass is 16.3. The molecule has 184 valence electrons. The van der Waals surface area contributed by atoms with Gasteiger partial charge in [0.1, 0.15) is 5.82 Å². The van der Waals surface area contributed by atoms with E-state index in [4.69, 9.17) is 10.8 Å². The normalized spacial score (nSPS) is 16.8. The molecule has 1 aromatic carbocycles. The zero-order valence-corrected chi connectivity index (χ0v) is 19.9. The largest absolute Gasteiger partial charge is 0.395 e. The minimum atomic E-state index is -0.716. The number of primary amides is 1. The van der Waals surface area contributed by atoms with Crippen molar-refractivity contribution in [2.24, 2.45) is 5.73 Å². The molecule has 0 radical (unpaired) electrons. The minimum absolute atomic E-state index is 0.173. The lowest BCUT2D eigenvalue weighted by molar-refractivity contribution is -0.120. The summed E-state index contributed by atoms with van der Waals surface area (Å²) in [4.78, 5) is 29.9. The van der Waals surface area contributed by atoms with Crippen LogP contribution in [0.25, 0.3) is 11.3 Å². The van der Waals surface area contributed by atoms with Gasteiger partial charge in [-0.3, -0.25) is 9.69 Å². The summed E-state index contributed by atoms with van der Waals surface area (Å²) < 4.78 is 0. The molecule has 1 aliphatic heterocycles. The molecule has 3 heterocycles. The van der Waals surface area contributed by atoms with Crippen LogP contribution in [-0.4, -0.2) is 70.2 Å². The van der Waals surface area contributed by atoms with Gasteiger partial charge < -0.3 is 21.1 Å². The first kappa shape index (κ1) is 23.7. The summed E-state index contributed by atoms with van der Waals surface area (Å²) in [5, 5.41) is 22.1. The highest BCUT2D eigenvalue weighted by Gasteiger charge is 2.51. The van der Waals surface area contributed by atoms with Crippen LogP contribution in [0.5, 0.6) is 0 Å². The summed E-state index contributed by atoms with van der Waals surface area (Å²) in [5.74, 6) is 0.914. The van der Waals surface area contributed by atoms with Crippen molar-refractivity contribution in [2.75, 3.05) is 49.5 Å². The summed E-state index contributed by atoms with van der Waals surface area (Å²) in [6, 6.07) is 13.3. The topological polar surface area (TPSA) is 144 Å². The van der Waals surface area contributed by atoms with Crippen molar-refractivity contribution < 1.29 is 9.90 Å². The second-order valence-corrected chi connectivity index (χ2v) is 9.16. The van der Waals surface area contributed by atoms with E-state index in [2.05, 4.69) is 36.1 Å². The molecule has 3 aromatic rings. The van der Waals surface area contributed by atoms with Crippen molar-refractivity contribution >= 4 is 23.4 Å². The van der Waals surface area contributed by atoms with E-state index in [0.717, 1.165) is 43.2 Å². The van der Waals surface area contributed by atoms with Crippen molar-refractivity contribution in [3.8, 4) is 17.3 Å². The van der Waals surface area contributed by atoms with Crippen LogP contribution >= 0.6 is 0 Å². The Morgan fingerprint density at radius 3 is 2.58 bits per heavy atom. The van der Waals surface area contributed by atoms with Gasteiger partial charge in [-0.25, -0.2) is 15.0 Å². The number of rotatable bonds is 8. The predicted molar refractivity (Wildman–Crippen MR) is 136 cm³/mol. The molecule has 2 aromatic heterocycles. The second-order valence-electron chi connectivity index (χ2n) is 9.16. The van der Waals surface area contributed by atoms with E-state index in [1.165, 1.54) is 0 Å². The predicted octanol–water partition coefficient (Wildman–Crippen LogP) is 1.79. The van der Waals surface area contributed by atoms with Gasteiger partial charge in [-0.1, -0.05) is 12.1 Å². The molecule has 0 atom stereocenters. The third kappa shape index (κ3) is 4.71. The number of anilines is 3. The molecule has 1 saturated carbocycles. The minimum Gasteiger partial charge on any atom is -0.395 e. The van der Waals surface area contributed by atoms with E-state index in [9.17, 15) is 10.1 Å². The molecule has 2 aliphatic rings. The number of carbonyl (C=O) groups excluding carboxylic acids is 1. The molecule has 4 N–H and O–H groups in total. The Labute approximate surface area is 209 Å². The number of hydrogen-bond donors (Lipinski definition) is 3. The first-order valence-electron chi connectivity index (χ1n) is 12.0. The Kier molecular flexibility index (Phi) is 6.50. The fraction of sp³-hybridized carbons (Fsp3) is 0.346. The number of nitrogens with one attached hydrogen (secondary N) is 1. The summed E-state index contributed by atoms with van der Waals surface area (Å²) >= 11 is 0. The zero-order chi connectivity index (χ0) is 25.1. The third-order valence-electron chi connectivity index (χ3n) is 6.94. The lowest BCUT2D eigenvalue weighted by Gasteiger charge is -2.35. The highest BCUT2D eigenvalue weighted by molar-refractivity contribution is 5.91. The number of nitriles is 1. The van der Waals surface area contributed by atoms with Gasteiger partial charge in [0, 0.05) is 62.4 Å². The number of hydrogen-bond acceptors (Lipinski definition) is 9. The number of pyridine rings is 1. The first-order chi connectivity index (χ1) is 17.5. The number of piperazine rings is 1. The first-order valence-corrected chi connectivity index (χ1v) is 12.0. The SMILES string of the molecule is N#Cc1cc(-c2ccnc(Nc3ccnc(N4CCN(CCO)CC4)c3)n2)ccc1C1(C(N)=O)CC1. The van der Waals surface area contributed by atoms with E-state index in [1.807, 2.05) is 24.3 Å². The van der Waals surface area contributed by atoms with E-state index in [-0.39, 0.29) is 12.5 Å². The summed E-state index contributed by atoms with van der Waals surface area (Å²) in [6.07, 6.45) is 4.76. The Morgan fingerprint density at radius 1 is 1.11 bits per heavy atom. The van der Waals surface area contributed by atoms with Gasteiger partial charge in [0.25, 0.3) is 0 Å². The lowest BCUT2D eigenvalue weighted by atomic mass is 9.89. The molecule has 36 heavy (non-hydrogen) atoms. The zero-order valence-electron chi connectivity index (χ0n) is 19.9. The van der Waals surface area contributed by atoms with E-state index in [1.54, 1.807) is 24.5 Å². The van der Waals surface area contributed by atoms with Crippen LogP contribution in [-0.2, 0) is 10.2 Å². The average molecular weight is 485 g/mol. The monoisotopic (exact) mass is 484 g/mol. The molecule has 10 nitrogen and oxygen atoms in total. The van der Waals surface area contributed by atoms with Gasteiger partial charge in [0.15, 0.2) is 0 Å². The van der Waals surface area contributed by atoms with Crippen LogP contribution < -0.4 is 16.0 Å². The fourth-order valence-electron chi connectivity index (χ4n) is 4.71. The van der Waals surface area contributed by atoms with Gasteiger partial charge >= 0.3 is 0 Å². The molecule has 0 bridgehead atoms. The van der Waals surface area contributed by atoms with Crippen LogP contribution in [0, 0.1) is 11.3 Å². The van der Waals surface area contributed by atoms with Crippen LogP contribution in [0.4, 0.5) is 17.5 Å². The number of amides is 1. The number of aromatic nitrogens is 3. The fourth-order valence-corrected chi connectivity index (χ4v) is 4.71. The maximum atomic E-state index is 12.0. The summed E-state index contributed by atoms with van der Waals surface area (Å²) in [5.41, 5.74) is 8.27. The van der Waals surface area contributed by atoms with E-state index < -0.39 is 5.41 Å². The summed E-state index contributed by atoms with van der Waals surface area (Å²) in [7, 11) is 0. The molecule has 10 heteroatoms. The van der Waals surface area contributed by atoms with Gasteiger partial charge in [-0.05, 0) is 36.6 Å². The molecular formula is C26H28N8O2. The van der Waals surface area contributed by atoms with Gasteiger partial charge in [0.05, 0.1) is 29.3 Å². The van der Waals surface area contributed by atoms with Crippen molar-refractivity contribution in [3.63, 3.8) is 0 Å². The number of nitrogens with zero attached hydrogens (tertiary/aromatic N) is 6. The lowest BCUT2D eigenvalue weighted by Crippen LogP contribution is -2.47. The standard InChI is InChI=1S/C26H28N8O2/c27-17-19-15-18(1-2-21(19)26(5-6-26)24(28)36)22-4-8-30-25(32-22)31-20-3-7-29-23(16-20)34-11-9-33(10-12-34)13-14-35/h1-4,7-8,15-16,35H,5-6,9-14H2,(H2,28,36)(H,29,30,31,32). The van der Waals surface area contributed by atoms with Crippen LogP contribution in [0.3, 0.4) is 0 Å². The molecule has 5 rings (SSSR count). The van der Waals surface area contributed by atoms with Gasteiger partial charge in [-0.2, -0.15) is 5.26 Å². The highest BCUT2D eigenvalue weighted by Crippen LogP contribution is 2.49. The van der Waals surface area contributed by atoms with E-state index >= 15 is 0 Å². The van der Waals surface area contributed by atoms with Crippen molar-refractivity contribution in [1.29, 1.82) is 5.26 Å². The maximum Gasteiger partial charge on any atom is 0.228 e. The second kappa shape index (κ2) is 9.89. The van der Waals surface area contributed by atoms with Crippen molar-refractivity contribution in [1.82, 2.24) is 19.9 Å².